The Balaban J connectivity index is 3.39. The van der Waals surface area contributed by atoms with E-state index in [1.54, 1.807) is 39.8 Å². The number of hydrogen-bond acceptors (Lipinski definition) is 7. The van der Waals surface area contributed by atoms with Crippen LogP contribution in [-0.2, 0) is 27.9 Å². The number of likely N-dealkylation sites (N-methyl/N-ethyl adjacent to an activating group) is 1. The Morgan fingerprint density at radius 3 is 2.28 bits per heavy atom. The molecule has 2 unspecified atom stereocenters. The van der Waals surface area contributed by atoms with E-state index in [0.29, 0.717) is 0 Å². The second-order valence-electron chi connectivity index (χ2n) is 6.09. The van der Waals surface area contributed by atoms with Crippen LogP contribution in [0.4, 0.5) is 0 Å². The van der Waals surface area contributed by atoms with Crippen LogP contribution in [-0.4, -0.2) is 62.8 Å². The van der Waals surface area contributed by atoms with Crippen molar-refractivity contribution in [3.8, 4) is 0 Å². The average molecular weight is 377 g/mol. The molecule has 0 heterocycles. The second-order valence-corrected chi connectivity index (χ2v) is 8.32. The molecule has 7 nitrogen and oxygen atoms in total. The molecule has 1 aliphatic rings. The third-order valence-corrected chi connectivity index (χ3v) is 6.23. The van der Waals surface area contributed by atoms with Gasteiger partial charge in [-0.1, -0.05) is 12.2 Å². The third-order valence-electron chi connectivity index (χ3n) is 3.72. The van der Waals surface area contributed by atoms with E-state index < -0.39 is 18.9 Å². The highest BCUT2D eigenvalue weighted by molar-refractivity contribution is 7.56. The maximum atomic E-state index is 13.6. The van der Waals surface area contributed by atoms with Crippen molar-refractivity contribution in [3.05, 3.63) is 12.2 Å². The lowest BCUT2D eigenvalue weighted by atomic mass is 10.1. The van der Waals surface area contributed by atoms with Gasteiger partial charge in [0.25, 0.3) is 5.34 Å². The van der Waals surface area contributed by atoms with Gasteiger partial charge in [0.15, 0.2) is 0 Å². The van der Waals surface area contributed by atoms with Gasteiger partial charge in [-0.05, 0) is 54.1 Å². The Kier molecular flexibility index (Phi) is 9.32. The van der Waals surface area contributed by atoms with E-state index in [0.717, 1.165) is 19.3 Å². The fourth-order valence-corrected chi connectivity index (χ4v) is 4.98. The van der Waals surface area contributed by atoms with Crippen molar-refractivity contribution in [2.75, 3.05) is 40.5 Å². The van der Waals surface area contributed by atoms with Gasteiger partial charge < -0.3 is 23.4 Å². The molecule has 2 atom stereocenters. The highest BCUT2D eigenvalue weighted by Crippen LogP contribution is 2.62. The van der Waals surface area contributed by atoms with E-state index in [-0.39, 0.29) is 32.5 Å². The molecular formula is C17H32NO6P. The van der Waals surface area contributed by atoms with E-state index in [1.165, 1.54) is 0 Å². The highest BCUT2D eigenvalue weighted by Gasteiger charge is 2.61. The van der Waals surface area contributed by atoms with E-state index in [9.17, 15) is 9.36 Å². The van der Waals surface area contributed by atoms with Gasteiger partial charge >= 0.3 is 13.6 Å². The van der Waals surface area contributed by atoms with Crippen molar-refractivity contribution >= 4 is 13.6 Å². The fraction of sp³-hybridized carbons (Fsp3) is 0.824. The SMILES string of the molecule is CCOC(=O)C(CN(C)C)(OC1C=CCCC1)P(=O)(OCC)OCC. The largest absolute Gasteiger partial charge is 0.463 e. The van der Waals surface area contributed by atoms with Gasteiger partial charge in [-0.2, -0.15) is 0 Å². The molecule has 25 heavy (non-hydrogen) atoms. The number of carbonyl (C=O) groups excluding carboxylic acids is 1. The first-order chi connectivity index (χ1) is 11.8. The molecular weight excluding hydrogens is 345 g/mol. The standard InChI is InChI=1S/C17H32NO6P/c1-6-21-16(19)17(14-18(4)5,24-15-12-10-9-11-13-15)25(20,22-7-2)23-8-3/h10,12,15H,6-9,11,13-14H2,1-5H3. The zero-order chi connectivity index (χ0) is 18.9. The van der Waals surface area contributed by atoms with Crippen LogP contribution in [0.2, 0.25) is 0 Å². The topological polar surface area (TPSA) is 74.3 Å². The first-order valence-electron chi connectivity index (χ1n) is 8.90. The summed E-state index contributed by atoms with van der Waals surface area (Å²) in [7, 11) is -0.391. The summed E-state index contributed by atoms with van der Waals surface area (Å²) in [6.07, 6.45) is 6.21. The van der Waals surface area contributed by atoms with Crippen molar-refractivity contribution < 1.29 is 27.9 Å². The van der Waals surface area contributed by atoms with Crippen molar-refractivity contribution in [1.29, 1.82) is 0 Å². The van der Waals surface area contributed by atoms with Gasteiger partial charge in [-0.25, -0.2) is 4.79 Å². The summed E-state index contributed by atoms with van der Waals surface area (Å²) < 4.78 is 36.0. The maximum Gasteiger partial charge on any atom is 0.375 e. The molecule has 0 aromatic carbocycles. The molecule has 0 fully saturated rings. The van der Waals surface area contributed by atoms with Gasteiger partial charge in [0.05, 0.1) is 25.9 Å². The van der Waals surface area contributed by atoms with Crippen molar-refractivity contribution in [2.45, 2.75) is 51.5 Å². The van der Waals surface area contributed by atoms with E-state index in [4.69, 9.17) is 18.5 Å². The Morgan fingerprint density at radius 2 is 1.84 bits per heavy atom. The number of nitrogens with zero attached hydrogens (tertiary/aromatic N) is 1. The van der Waals surface area contributed by atoms with Crippen molar-refractivity contribution in [2.24, 2.45) is 0 Å². The Bertz CT molecular complexity index is 486. The quantitative estimate of drug-likeness (QED) is 0.311. The molecule has 0 aromatic rings. The van der Waals surface area contributed by atoms with Crippen LogP contribution in [0, 0.1) is 0 Å². The van der Waals surface area contributed by atoms with E-state index in [1.807, 2.05) is 12.2 Å². The van der Waals surface area contributed by atoms with Crippen LogP contribution in [0.1, 0.15) is 40.0 Å². The lowest BCUT2D eigenvalue weighted by molar-refractivity contribution is -0.169. The summed E-state index contributed by atoms with van der Waals surface area (Å²) in [6.45, 7) is 5.57. The summed E-state index contributed by atoms with van der Waals surface area (Å²) in [4.78, 5) is 14.7. The first-order valence-corrected chi connectivity index (χ1v) is 10.4. The van der Waals surface area contributed by atoms with Crippen LogP contribution < -0.4 is 0 Å². The molecule has 0 N–H and O–H groups in total. The summed E-state index contributed by atoms with van der Waals surface area (Å²) in [5.74, 6) is -0.715. The Labute approximate surface area is 151 Å². The minimum absolute atomic E-state index is 0.0352. The van der Waals surface area contributed by atoms with Crippen LogP contribution in [0.15, 0.2) is 12.2 Å². The first kappa shape index (κ1) is 22.3. The molecule has 0 radical (unpaired) electrons. The molecule has 8 heteroatoms. The summed E-state index contributed by atoms with van der Waals surface area (Å²) in [5, 5.41) is -1.83. The number of hydrogen-bond donors (Lipinski definition) is 0. The lowest BCUT2D eigenvalue weighted by Crippen LogP contribution is -2.52. The molecule has 1 rings (SSSR count). The normalized spacial score (nSPS) is 20.5. The summed E-state index contributed by atoms with van der Waals surface area (Å²) in [5.41, 5.74) is 0. The number of ether oxygens (including phenoxy) is 2. The van der Waals surface area contributed by atoms with E-state index >= 15 is 0 Å². The average Bonchev–Trinajstić information content (AvgIpc) is 2.55. The van der Waals surface area contributed by atoms with Crippen LogP contribution >= 0.6 is 7.60 Å². The van der Waals surface area contributed by atoms with Crippen molar-refractivity contribution in [3.63, 3.8) is 0 Å². The number of rotatable bonds is 11. The van der Waals surface area contributed by atoms with E-state index in [2.05, 4.69) is 0 Å². The number of carbonyl (C=O) groups is 1. The lowest BCUT2D eigenvalue weighted by Gasteiger charge is -2.40. The fourth-order valence-electron chi connectivity index (χ4n) is 2.80. The van der Waals surface area contributed by atoms with Gasteiger partial charge in [-0.15, -0.1) is 0 Å². The summed E-state index contributed by atoms with van der Waals surface area (Å²) >= 11 is 0. The van der Waals surface area contributed by atoms with Crippen LogP contribution in [0.25, 0.3) is 0 Å². The molecule has 0 bridgehead atoms. The predicted octanol–water partition coefficient (Wildman–Crippen LogP) is 3.20. The monoisotopic (exact) mass is 377 g/mol. The molecule has 0 saturated heterocycles. The number of allylic oxidation sites excluding steroid dienone is 1. The molecule has 0 aromatic heterocycles. The summed E-state index contributed by atoms with van der Waals surface area (Å²) in [6, 6.07) is 0. The third kappa shape index (κ3) is 5.63. The maximum absolute atomic E-state index is 13.6. The molecule has 0 spiro atoms. The van der Waals surface area contributed by atoms with Crippen molar-refractivity contribution in [1.82, 2.24) is 4.90 Å². The zero-order valence-electron chi connectivity index (χ0n) is 16.0. The van der Waals surface area contributed by atoms with Gasteiger partial charge in [0, 0.05) is 6.54 Å². The van der Waals surface area contributed by atoms with Gasteiger partial charge in [0.2, 0.25) is 0 Å². The molecule has 0 amide bonds. The molecule has 146 valence electrons. The predicted molar refractivity (Wildman–Crippen MR) is 96.6 cm³/mol. The minimum Gasteiger partial charge on any atom is -0.463 e. The molecule has 0 saturated carbocycles. The number of esters is 1. The Morgan fingerprint density at radius 1 is 1.20 bits per heavy atom. The van der Waals surface area contributed by atoms with Gasteiger partial charge in [-0.3, -0.25) is 4.57 Å². The van der Waals surface area contributed by atoms with Crippen LogP contribution in [0.5, 0.6) is 0 Å². The Hall–Kier alpha value is -0.720. The van der Waals surface area contributed by atoms with Gasteiger partial charge in [0.1, 0.15) is 0 Å². The molecule has 1 aliphatic carbocycles. The zero-order valence-corrected chi connectivity index (χ0v) is 16.9. The van der Waals surface area contributed by atoms with Crippen LogP contribution in [0.3, 0.4) is 0 Å². The smallest absolute Gasteiger partial charge is 0.375 e. The minimum atomic E-state index is -3.94. The second kappa shape index (κ2) is 10.4. The highest BCUT2D eigenvalue weighted by atomic mass is 31.2. The molecule has 0 aliphatic heterocycles.